The molecular formula is C11H13NO3. The fourth-order valence-corrected chi connectivity index (χ4v) is 1.16. The number of aliphatic carboxylic acids is 1. The summed E-state index contributed by atoms with van der Waals surface area (Å²) in [4.78, 5) is 10.5. The number of benzene rings is 1. The van der Waals surface area contributed by atoms with Crippen molar-refractivity contribution in [2.24, 2.45) is 0 Å². The summed E-state index contributed by atoms with van der Waals surface area (Å²) in [6.45, 7) is 3.90. The predicted molar refractivity (Wildman–Crippen MR) is 57.9 cm³/mol. The highest BCUT2D eigenvalue weighted by Gasteiger charge is 2.04. The van der Waals surface area contributed by atoms with Gasteiger partial charge in [-0.3, -0.25) is 4.79 Å². The number of ether oxygens (including phenoxy) is 1. The first-order valence-electron chi connectivity index (χ1n) is 4.47. The van der Waals surface area contributed by atoms with Crippen molar-refractivity contribution < 1.29 is 14.6 Å². The molecule has 1 aromatic rings. The summed E-state index contributed by atoms with van der Waals surface area (Å²) >= 11 is 0. The maximum absolute atomic E-state index is 10.5. The Morgan fingerprint density at radius 3 is 2.87 bits per heavy atom. The Kier molecular flexibility index (Phi) is 3.74. The van der Waals surface area contributed by atoms with E-state index in [2.05, 4.69) is 6.58 Å². The lowest BCUT2D eigenvalue weighted by Crippen LogP contribution is -2.02. The topological polar surface area (TPSA) is 72.5 Å². The summed E-state index contributed by atoms with van der Waals surface area (Å²) in [5.74, 6) is -0.335. The molecule has 4 heteroatoms. The second kappa shape index (κ2) is 5.05. The molecule has 0 fully saturated rings. The average Bonchev–Trinajstić information content (AvgIpc) is 2.15. The molecule has 1 aromatic carbocycles. The Labute approximate surface area is 88.0 Å². The summed E-state index contributed by atoms with van der Waals surface area (Å²) in [5.41, 5.74) is 6.78. The number of anilines is 1. The molecule has 4 nitrogen and oxygen atoms in total. The van der Waals surface area contributed by atoms with Crippen molar-refractivity contribution in [3.63, 3.8) is 0 Å². The van der Waals surface area contributed by atoms with Gasteiger partial charge >= 0.3 is 5.97 Å². The van der Waals surface area contributed by atoms with Gasteiger partial charge in [0, 0.05) is 0 Å². The Bertz CT molecular complexity index is 374. The third-order valence-corrected chi connectivity index (χ3v) is 1.79. The van der Waals surface area contributed by atoms with Crippen LogP contribution in [0.1, 0.15) is 5.56 Å². The third kappa shape index (κ3) is 3.34. The molecule has 0 aliphatic heterocycles. The number of nitrogens with two attached hydrogens (primary N) is 1. The van der Waals surface area contributed by atoms with Crippen molar-refractivity contribution >= 4 is 11.7 Å². The van der Waals surface area contributed by atoms with E-state index in [1.165, 1.54) is 0 Å². The van der Waals surface area contributed by atoms with E-state index >= 15 is 0 Å². The normalized spacial score (nSPS) is 9.60. The van der Waals surface area contributed by atoms with Gasteiger partial charge in [-0.05, 0) is 17.7 Å². The van der Waals surface area contributed by atoms with Crippen molar-refractivity contribution in [2.75, 3.05) is 12.3 Å². The molecule has 0 aliphatic carbocycles. The van der Waals surface area contributed by atoms with Gasteiger partial charge in [0.15, 0.2) is 0 Å². The third-order valence-electron chi connectivity index (χ3n) is 1.79. The summed E-state index contributed by atoms with van der Waals surface area (Å²) in [6.07, 6.45) is 1.58. The molecule has 15 heavy (non-hydrogen) atoms. The zero-order valence-corrected chi connectivity index (χ0v) is 8.27. The van der Waals surface area contributed by atoms with E-state index in [1.807, 2.05) is 0 Å². The van der Waals surface area contributed by atoms with E-state index in [9.17, 15) is 4.79 Å². The van der Waals surface area contributed by atoms with Crippen LogP contribution in [0, 0.1) is 0 Å². The Morgan fingerprint density at radius 1 is 1.60 bits per heavy atom. The smallest absolute Gasteiger partial charge is 0.307 e. The van der Waals surface area contributed by atoms with E-state index < -0.39 is 5.97 Å². The number of carboxylic acids is 1. The Morgan fingerprint density at radius 2 is 2.33 bits per heavy atom. The molecule has 0 amide bonds. The minimum absolute atomic E-state index is 0.0358. The van der Waals surface area contributed by atoms with E-state index in [1.54, 1.807) is 24.3 Å². The van der Waals surface area contributed by atoms with Gasteiger partial charge in [-0.15, -0.1) is 0 Å². The first-order valence-corrected chi connectivity index (χ1v) is 4.47. The molecule has 0 saturated carbocycles. The summed E-state index contributed by atoms with van der Waals surface area (Å²) in [6, 6.07) is 4.95. The number of nitrogen functional groups attached to an aromatic ring is 1. The lowest BCUT2D eigenvalue weighted by atomic mass is 10.1. The maximum Gasteiger partial charge on any atom is 0.307 e. The Balaban J connectivity index is 2.78. The quantitative estimate of drug-likeness (QED) is 0.566. The molecular weight excluding hydrogens is 194 g/mol. The second-order valence-electron chi connectivity index (χ2n) is 3.04. The highest BCUT2D eigenvalue weighted by Crippen LogP contribution is 2.22. The van der Waals surface area contributed by atoms with E-state index in [4.69, 9.17) is 15.6 Å². The molecule has 0 unspecified atom stereocenters. The van der Waals surface area contributed by atoms with Crippen molar-refractivity contribution in [1.82, 2.24) is 0 Å². The van der Waals surface area contributed by atoms with Crippen LogP contribution in [0.2, 0.25) is 0 Å². The van der Waals surface area contributed by atoms with E-state index in [-0.39, 0.29) is 6.42 Å². The van der Waals surface area contributed by atoms with Gasteiger partial charge in [-0.2, -0.15) is 0 Å². The van der Waals surface area contributed by atoms with Crippen molar-refractivity contribution in [3.8, 4) is 5.75 Å². The summed E-state index contributed by atoms with van der Waals surface area (Å²) < 4.78 is 5.26. The average molecular weight is 207 g/mol. The minimum Gasteiger partial charge on any atom is -0.487 e. The first kappa shape index (κ1) is 11.1. The van der Waals surface area contributed by atoms with E-state index in [0.29, 0.717) is 23.6 Å². The van der Waals surface area contributed by atoms with Crippen LogP contribution in [0.4, 0.5) is 5.69 Å². The number of carboxylic acid groups (broad SMARTS) is 1. The van der Waals surface area contributed by atoms with Crippen molar-refractivity contribution in [3.05, 3.63) is 36.4 Å². The fourth-order valence-electron chi connectivity index (χ4n) is 1.16. The van der Waals surface area contributed by atoms with Crippen LogP contribution in [-0.4, -0.2) is 17.7 Å². The predicted octanol–water partition coefficient (Wildman–Crippen LogP) is 1.46. The summed E-state index contributed by atoms with van der Waals surface area (Å²) in [5, 5.41) is 8.58. The van der Waals surface area contributed by atoms with Crippen LogP contribution in [-0.2, 0) is 11.2 Å². The largest absolute Gasteiger partial charge is 0.487 e. The maximum atomic E-state index is 10.5. The molecule has 1 rings (SSSR count). The molecule has 80 valence electrons. The molecule has 0 bridgehead atoms. The second-order valence-corrected chi connectivity index (χ2v) is 3.04. The number of hydrogen-bond donors (Lipinski definition) is 2. The molecule has 0 radical (unpaired) electrons. The van der Waals surface area contributed by atoms with Crippen LogP contribution in [0.3, 0.4) is 0 Å². The fraction of sp³-hybridized carbons (Fsp3) is 0.182. The van der Waals surface area contributed by atoms with Crippen LogP contribution in [0.25, 0.3) is 0 Å². The molecule has 0 atom stereocenters. The Hall–Kier alpha value is -1.97. The van der Waals surface area contributed by atoms with Gasteiger partial charge in [0.05, 0.1) is 12.1 Å². The van der Waals surface area contributed by atoms with Gasteiger partial charge in [0.2, 0.25) is 0 Å². The lowest BCUT2D eigenvalue weighted by Gasteiger charge is -2.07. The highest BCUT2D eigenvalue weighted by atomic mass is 16.5. The van der Waals surface area contributed by atoms with Crippen LogP contribution in [0.15, 0.2) is 30.9 Å². The van der Waals surface area contributed by atoms with Crippen LogP contribution in [0.5, 0.6) is 5.75 Å². The molecule has 0 spiro atoms. The van der Waals surface area contributed by atoms with Gasteiger partial charge in [0.25, 0.3) is 0 Å². The highest BCUT2D eigenvalue weighted by molar-refractivity contribution is 5.71. The summed E-state index contributed by atoms with van der Waals surface area (Å²) in [7, 11) is 0. The molecule has 0 saturated heterocycles. The van der Waals surface area contributed by atoms with Gasteiger partial charge in [-0.1, -0.05) is 18.7 Å². The number of rotatable bonds is 5. The monoisotopic (exact) mass is 207 g/mol. The van der Waals surface area contributed by atoms with Gasteiger partial charge in [-0.25, -0.2) is 0 Å². The molecule has 0 aromatic heterocycles. The number of carbonyl (C=O) groups is 1. The van der Waals surface area contributed by atoms with Gasteiger partial charge < -0.3 is 15.6 Å². The standard InChI is InChI=1S/C11H13NO3/c1-2-5-15-10-4-3-8(6-9(10)12)7-11(13)14/h2-4,6H,1,5,7,12H2,(H,13,14). The van der Waals surface area contributed by atoms with Crippen molar-refractivity contribution in [1.29, 1.82) is 0 Å². The zero-order valence-electron chi connectivity index (χ0n) is 8.27. The zero-order chi connectivity index (χ0) is 11.3. The molecule has 0 aliphatic rings. The van der Waals surface area contributed by atoms with E-state index in [0.717, 1.165) is 0 Å². The minimum atomic E-state index is -0.880. The lowest BCUT2D eigenvalue weighted by molar-refractivity contribution is -0.136. The van der Waals surface area contributed by atoms with Gasteiger partial charge in [0.1, 0.15) is 12.4 Å². The number of hydrogen-bond acceptors (Lipinski definition) is 3. The first-order chi connectivity index (χ1) is 7.13. The molecule has 3 N–H and O–H groups in total. The van der Waals surface area contributed by atoms with Crippen molar-refractivity contribution in [2.45, 2.75) is 6.42 Å². The van der Waals surface area contributed by atoms with Crippen LogP contribution < -0.4 is 10.5 Å². The molecule has 0 heterocycles. The van der Waals surface area contributed by atoms with Crippen LogP contribution >= 0.6 is 0 Å². The SMILES string of the molecule is C=CCOc1ccc(CC(=O)O)cc1N.